The molecule has 154 valence electrons. The van der Waals surface area contributed by atoms with E-state index in [0.29, 0.717) is 0 Å². The number of benzene rings is 1. The molecule has 2 aliphatic rings. The van der Waals surface area contributed by atoms with E-state index in [4.69, 9.17) is 23.4 Å². The first-order valence-corrected chi connectivity index (χ1v) is 9.88. The van der Waals surface area contributed by atoms with Crippen LogP contribution in [0.15, 0.2) is 78.1 Å². The lowest BCUT2D eigenvalue weighted by atomic mass is 10.1. The zero-order valence-electron chi connectivity index (χ0n) is 16.7. The first-order chi connectivity index (χ1) is 13.5. The van der Waals surface area contributed by atoms with E-state index in [1.165, 1.54) is 11.4 Å². The lowest BCUT2D eigenvalue weighted by molar-refractivity contribution is -2.00. The van der Waals surface area contributed by atoms with Gasteiger partial charge in [0.1, 0.15) is 25.6 Å². The molecular formula is C21H23ClN2O5. The van der Waals surface area contributed by atoms with Crippen LogP contribution in [0.4, 0.5) is 5.69 Å². The van der Waals surface area contributed by atoms with Gasteiger partial charge < -0.3 is 9.64 Å². The summed E-state index contributed by atoms with van der Waals surface area (Å²) in [7, 11) is 3.21. The van der Waals surface area contributed by atoms with Crippen LogP contribution in [-0.4, -0.2) is 38.5 Å². The van der Waals surface area contributed by atoms with Crippen molar-refractivity contribution in [2.45, 2.75) is 0 Å². The van der Waals surface area contributed by atoms with Crippen LogP contribution in [0.3, 0.4) is 0 Å². The Kier molecular flexibility index (Phi) is 7.55. The summed E-state index contributed by atoms with van der Waals surface area (Å²) < 4.78 is 42.2. The van der Waals surface area contributed by atoms with Crippen molar-refractivity contribution in [3.8, 4) is 0 Å². The number of allylic oxidation sites excluding steroid dienone is 8. The van der Waals surface area contributed by atoms with Crippen LogP contribution >= 0.6 is 0 Å². The molecule has 0 saturated carbocycles. The van der Waals surface area contributed by atoms with E-state index in [0.717, 1.165) is 22.7 Å². The first-order valence-electron chi connectivity index (χ1n) is 8.65. The molecule has 3 rings (SSSR count). The monoisotopic (exact) mass is 418 g/mol. The smallest absolute Gasteiger partial charge is 0.199 e. The zero-order chi connectivity index (χ0) is 21.6. The molecule has 1 heterocycles. The van der Waals surface area contributed by atoms with Crippen LogP contribution in [0, 0.1) is 10.2 Å². The number of nitrogens with zero attached hydrogens (tertiary/aromatic N) is 2. The third-order valence-electron chi connectivity index (χ3n) is 4.05. The third kappa shape index (κ3) is 7.34. The van der Waals surface area contributed by atoms with Gasteiger partial charge >= 0.3 is 0 Å². The molecule has 1 aliphatic carbocycles. The molecule has 0 bridgehead atoms. The van der Waals surface area contributed by atoms with Gasteiger partial charge in [0.15, 0.2) is 5.71 Å². The molecule has 0 saturated heterocycles. The molecule has 1 aliphatic heterocycles. The maximum absolute atomic E-state index is 8.49. The van der Waals surface area contributed by atoms with Gasteiger partial charge in [0.2, 0.25) is 0 Å². The lowest BCUT2D eigenvalue weighted by Gasteiger charge is -2.18. The minimum absolute atomic E-state index is 0.870. The van der Waals surface area contributed by atoms with E-state index in [1.54, 1.807) is 0 Å². The quantitative estimate of drug-likeness (QED) is 0.571. The molecule has 0 aromatic heterocycles. The minimum atomic E-state index is -4.94. The van der Waals surface area contributed by atoms with Crippen molar-refractivity contribution in [2.75, 3.05) is 33.1 Å². The average Bonchev–Trinajstić information content (AvgIpc) is 2.67. The van der Waals surface area contributed by atoms with Crippen molar-refractivity contribution in [2.24, 2.45) is 0 Å². The van der Waals surface area contributed by atoms with Crippen molar-refractivity contribution in [3.05, 3.63) is 83.7 Å². The summed E-state index contributed by atoms with van der Waals surface area (Å²) >= 11 is 0. The Balaban J connectivity index is 0.000000537. The molecule has 0 fully saturated rings. The Bertz CT molecular complexity index is 889. The fourth-order valence-electron chi connectivity index (χ4n) is 2.57. The van der Waals surface area contributed by atoms with Crippen molar-refractivity contribution in [1.29, 1.82) is 0 Å². The number of ether oxygens (including phenoxy) is 1. The van der Waals surface area contributed by atoms with Gasteiger partial charge in [-0.3, -0.25) is 0 Å². The molecule has 1 aromatic carbocycles. The number of rotatable bonds is 2. The van der Waals surface area contributed by atoms with Crippen LogP contribution in [0.2, 0.25) is 0 Å². The molecule has 0 spiro atoms. The van der Waals surface area contributed by atoms with Gasteiger partial charge in [-0.2, -0.15) is 0 Å². The Hall–Kier alpha value is -2.68. The van der Waals surface area contributed by atoms with Crippen LogP contribution in [0.5, 0.6) is 0 Å². The Morgan fingerprint density at radius 3 is 1.90 bits per heavy atom. The SMILES string of the molecule is CN(C)c1ccc(C2=CC=CC(=C3C=CC(=[N+](C)C)C=C3)O2)cc1.[O-][Cl+3]([O-])([O-])[O-]. The number of hydrogen-bond acceptors (Lipinski definition) is 6. The van der Waals surface area contributed by atoms with Crippen molar-refractivity contribution in [1.82, 2.24) is 0 Å². The Morgan fingerprint density at radius 2 is 1.41 bits per heavy atom. The molecule has 7 nitrogen and oxygen atoms in total. The van der Waals surface area contributed by atoms with E-state index in [1.807, 2.05) is 46.4 Å². The largest absolute Gasteiger partial charge is 0.456 e. The number of hydrogen-bond donors (Lipinski definition) is 0. The zero-order valence-corrected chi connectivity index (χ0v) is 17.4. The van der Waals surface area contributed by atoms with Crippen LogP contribution < -0.4 is 23.5 Å². The summed E-state index contributed by atoms with van der Waals surface area (Å²) in [6.07, 6.45) is 14.4. The summed E-state index contributed by atoms with van der Waals surface area (Å²) in [6, 6.07) is 8.38. The highest BCUT2D eigenvalue weighted by Crippen LogP contribution is 2.28. The molecule has 29 heavy (non-hydrogen) atoms. The second kappa shape index (κ2) is 9.69. The van der Waals surface area contributed by atoms with Gasteiger partial charge in [-0.05, 0) is 48.6 Å². The first kappa shape index (κ1) is 22.6. The van der Waals surface area contributed by atoms with E-state index in [-0.39, 0.29) is 0 Å². The lowest BCUT2D eigenvalue weighted by Crippen LogP contribution is -2.68. The van der Waals surface area contributed by atoms with Crippen LogP contribution in [-0.2, 0) is 4.74 Å². The Labute approximate surface area is 172 Å². The van der Waals surface area contributed by atoms with Gasteiger partial charge in [-0.15, -0.1) is 10.2 Å². The van der Waals surface area contributed by atoms with Gasteiger partial charge in [-0.25, -0.2) is 23.2 Å². The molecule has 1 aromatic rings. The van der Waals surface area contributed by atoms with Crippen LogP contribution in [0.1, 0.15) is 5.56 Å². The average molecular weight is 419 g/mol. The molecule has 0 atom stereocenters. The second-order valence-corrected chi connectivity index (χ2v) is 7.37. The maximum Gasteiger partial charge on any atom is 0.199 e. The van der Waals surface area contributed by atoms with Gasteiger partial charge in [-0.1, -0.05) is 6.08 Å². The fraction of sp³-hybridized carbons (Fsp3) is 0.190. The summed E-state index contributed by atoms with van der Waals surface area (Å²) in [4.78, 5) is 2.09. The highest BCUT2D eigenvalue weighted by Gasteiger charge is 2.13. The molecule has 8 heteroatoms. The van der Waals surface area contributed by atoms with E-state index in [9.17, 15) is 0 Å². The van der Waals surface area contributed by atoms with Crippen molar-refractivity contribution in [3.63, 3.8) is 0 Å². The molecular weight excluding hydrogens is 396 g/mol. The normalized spacial score (nSPS) is 15.4. The maximum atomic E-state index is 8.49. The second-order valence-electron chi connectivity index (χ2n) is 6.62. The number of halogens is 1. The molecule has 0 amide bonds. The minimum Gasteiger partial charge on any atom is -0.456 e. The summed E-state index contributed by atoms with van der Waals surface area (Å²) in [6.45, 7) is 0. The predicted octanol–water partition coefficient (Wildman–Crippen LogP) is -0.983. The predicted molar refractivity (Wildman–Crippen MR) is 101 cm³/mol. The summed E-state index contributed by atoms with van der Waals surface area (Å²) in [5.41, 5.74) is 4.50. The molecule has 0 unspecified atom stereocenters. The molecule has 0 N–H and O–H groups in total. The summed E-state index contributed by atoms with van der Waals surface area (Å²) in [5, 5.41) is 0. The standard InChI is InChI=1S/C21H23N2O.ClHO4/c1-22(2)18-12-8-16(9-13-18)20-6-5-7-21(24-20)17-10-14-19(15-11-17)23(3)4;2-1(3,4)5/h5-15H,1-4H3;(H,2,3,4,5)/q+1;/p-1. The van der Waals surface area contributed by atoms with E-state index < -0.39 is 10.2 Å². The third-order valence-corrected chi connectivity index (χ3v) is 4.05. The molecule has 0 radical (unpaired) electrons. The Morgan fingerprint density at radius 1 is 0.862 bits per heavy atom. The van der Waals surface area contributed by atoms with Crippen molar-refractivity contribution >= 4 is 17.2 Å². The van der Waals surface area contributed by atoms with Crippen molar-refractivity contribution < 1.29 is 38.2 Å². The van der Waals surface area contributed by atoms with Gasteiger partial charge in [0.25, 0.3) is 0 Å². The highest BCUT2D eigenvalue weighted by atomic mass is 35.7. The summed E-state index contributed by atoms with van der Waals surface area (Å²) in [5.74, 6) is 1.74. The van der Waals surface area contributed by atoms with E-state index in [2.05, 4.69) is 58.0 Å². The van der Waals surface area contributed by atoms with Gasteiger partial charge in [0, 0.05) is 43.1 Å². The highest BCUT2D eigenvalue weighted by molar-refractivity contribution is 6.02. The van der Waals surface area contributed by atoms with E-state index >= 15 is 0 Å². The van der Waals surface area contributed by atoms with Crippen LogP contribution in [0.25, 0.3) is 5.76 Å². The number of anilines is 1. The van der Waals surface area contributed by atoms with Gasteiger partial charge in [0.05, 0.1) is 0 Å². The topological polar surface area (TPSA) is 108 Å². The fourth-order valence-corrected chi connectivity index (χ4v) is 2.57.